The van der Waals surface area contributed by atoms with Gasteiger partial charge in [0.25, 0.3) is 5.91 Å². The summed E-state index contributed by atoms with van der Waals surface area (Å²) in [4.78, 5) is 25.8. The highest BCUT2D eigenvalue weighted by Gasteiger charge is 2.29. The fourth-order valence-electron chi connectivity index (χ4n) is 3.52. The monoisotopic (exact) mass is 582 g/mol. The number of ether oxygens (including phenoxy) is 3. The summed E-state index contributed by atoms with van der Waals surface area (Å²) in [6.07, 6.45) is 1.41. The summed E-state index contributed by atoms with van der Waals surface area (Å²) >= 11 is 3.30. The van der Waals surface area contributed by atoms with Gasteiger partial charge in [-0.3, -0.25) is 14.5 Å². The van der Waals surface area contributed by atoms with Gasteiger partial charge in [0.15, 0.2) is 11.5 Å². The van der Waals surface area contributed by atoms with Crippen molar-refractivity contribution in [1.29, 1.82) is 0 Å². The van der Waals surface area contributed by atoms with Crippen molar-refractivity contribution in [3.05, 3.63) is 46.4 Å². The summed E-state index contributed by atoms with van der Waals surface area (Å²) < 4.78 is 43.5. The highest BCUT2D eigenvalue weighted by atomic mass is 79.9. The van der Waals surface area contributed by atoms with Crippen LogP contribution in [0, 0.1) is 0 Å². The van der Waals surface area contributed by atoms with Gasteiger partial charge in [-0.2, -0.15) is 9.41 Å². The molecule has 2 aromatic rings. The van der Waals surface area contributed by atoms with Crippen molar-refractivity contribution in [1.82, 2.24) is 14.6 Å². The van der Waals surface area contributed by atoms with Gasteiger partial charge in [-0.1, -0.05) is 15.9 Å². The second kappa shape index (κ2) is 12.3. The Balaban J connectivity index is 1.54. The predicted molar refractivity (Wildman–Crippen MR) is 136 cm³/mol. The minimum atomic E-state index is -3.58. The number of nitrogens with zero attached hydrogens (tertiary/aromatic N) is 3. The third kappa shape index (κ3) is 7.03. The van der Waals surface area contributed by atoms with E-state index in [1.165, 1.54) is 31.7 Å². The van der Waals surface area contributed by atoms with Crippen molar-refractivity contribution in [3.8, 4) is 17.2 Å². The quantitative estimate of drug-likeness (QED) is 0.205. The SMILES string of the molecule is COc1cc(/C=N\NC(=O)CN2CCN(S(=O)(=O)c3ccc(Br)cc3)CC2)cc(OC)c1OC(C)=O. The molecule has 13 heteroatoms. The maximum absolute atomic E-state index is 12.8. The first-order valence-corrected chi connectivity index (χ1v) is 13.1. The standard InChI is InChI=1S/C23H27BrN4O7S/c1-16(29)35-23-20(33-2)12-17(13-21(23)34-3)14-25-26-22(30)15-27-8-10-28(11-9-27)36(31,32)19-6-4-18(24)5-7-19/h4-7,12-14H,8-11,15H2,1-3H3,(H,26,30)/b25-14-. The molecule has 0 spiro atoms. The van der Waals surface area contributed by atoms with Gasteiger partial charge in [0.1, 0.15) is 0 Å². The van der Waals surface area contributed by atoms with Crippen LogP contribution in [-0.4, -0.2) is 82.7 Å². The van der Waals surface area contributed by atoms with Gasteiger partial charge in [0.2, 0.25) is 15.8 Å². The molecule has 1 aliphatic heterocycles. The molecule has 36 heavy (non-hydrogen) atoms. The Morgan fingerprint density at radius 2 is 1.64 bits per heavy atom. The summed E-state index contributed by atoms with van der Waals surface area (Å²) in [6, 6.07) is 9.67. The van der Waals surface area contributed by atoms with Gasteiger partial charge in [-0.15, -0.1) is 0 Å². The van der Waals surface area contributed by atoms with Crippen LogP contribution in [0.25, 0.3) is 0 Å². The number of sulfonamides is 1. The summed E-state index contributed by atoms with van der Waals surface area (Å²) in [6.45, 7) is 2.73. The van der Waals surface area contributed by atoms with Crippen LogP contribution in [0.3, 0.4) is 0 Å². The van der Waals surface area contributed by atoms with Crippen molar-refractivity contribution in [2.45, 2.75) is 11.8 Å². The predicted octanol–water partition coefficient (Wildman–Crippen LogP) is 1.85. The van der Waals surface area contributed by atoms with E-state index in [9.17, 15) is 18.0 Å². The molecule has 1 aliphatic rings. The Morgan fingerprint density at radius 3 is 2.17 bits per heavy atom. The maximum Gasteiger partial charge on any atom is 0.308 e. The van der Waals surface area contributed by atoms with Crippen LogP contribution in [0.15, 0.2) is 50.9 Å². The Morgan fingerprint density at radius 1 is 1.06 bits per heavy atom. The van der Waals surface area contributed by atoms with E-state index in [1.54, 1.807) is 36.4 Å². The summed E-state index contributed by atoms with van der Waals surface area (Å²) in [5, 5.41) is 3.97. The molecule has 1 saturated heterocycles. The molecule has 0 aromatic heterocycles. The number of nitrogens with one attached hydrogen (secondary N) is 1. The van der Waals surface area contributed by atoms with Gasteiger partial charge in [-0.25, -0.2) is 13.8 Å². The summed E-state index contributed by atoms with van der Waals surface area (Å²) in [5.74, 6) is -0.172. The van der Waals surface area contributed by atoms with Crippen molar-refractivity contribution < 1.29 is 32.2 Å². The first-order valence-electron chi connectivity index (χ1n) is 10.9. The molecule has 0 atom stereocenters. The second-order valence-corrected chi connectivity index (χ2v) is 10.6. The number of hydrogen-bond acceptors (Lipinski definition) is 9. The van der Waals surface area contributed by atoms with E-state index in [0.717, 1.165) is 4.47 Å². The largest absolute Gasteiger partial charge is 0.493 e. The first kappa shape index (κ1) is 27.6. The molecule has 0 aliphatic carbocycles. The van der Waals surface area contributed by atoms with Crippen LogP contribution in [0.1, 0.15) is 12.5 Å². The van der Waals surface area contributed by atoms with Crippen molar-refractivity contribution in [3.63, 3.8) is 0 Å². The first-order chi connectivity index (χ1) is 17.1. The zero-order chi connectivity index (χ0) is 26.3. The number of rotatable bonds is 9. The Bertz CT molecular complexity index is 1200. The van der Waals surface area contributed by atoms with Gasteiger partial charge >= 0.3 is 5.97 Å². The maximum atomic E-state index is 12.8. The van der Waals surface area contributed by atoms with E-state index >= 15 is 0 Å². The normalized spacial score (nSPS) is 15.0. The number of halogens is 1. The lowest BCUT2D eigenvalue weighted by Crippen LogP contribution is -2.50. The molecule has 194 valence electrons. The van der Waals surface area contributed by atoms with Gasteiger partial charge < -0.3 is 14.2 Å². The molecule has 1 heterocycles. The number of amides is 1. The molecule has 2 aromatic carbocycles. The zero-order valence-corrected chi connectivity index (χ0v) is 22.5. The van der Waals surface area contributed by atoms with E-state index in [-0.39, 0.29) is 47.7 Å². The fourth-order valence-corrected chi connectivity index (χ4v) is 5.21. The van der Waals surface area contributed by atoms with Crippen LogP contribution < -0.4 is 19.6 Å². The van der Waals surface area contributed by atoms with Crippen LogP contribution in [-0.2, 0) is 19.6 Å². The Hall–Kier alpha value is -3.00. The van der Waals surface area contributed by atoms with E-state index < -0.39 is 16.0 Å². The van der Waals surface area contributed by atoms with E-state index in [2.05, 4.69) is 26.5 Å². The molecule has 0 bridgehead atoms. The van der Waals surface area contributed by atoms with Crippen molar-refractivity contribution in [2.24, 2.45) is 5.10 Å². The number of benzene rings is 2. The van der Waals surface area contributed by atoms with Crippen molar-refractivity contribution >= 4 is 44.0 Å². The molecule has 1 fully saturated rings. The Kier molecular flexibility index (Phi) is 9.43. The fraction of sp³-hybridized carbons (Fsp3) is 0.348. The van der Waals surface area contributed by atoms with E-state index in [1.807, 2.05) is 4.90 Å². The van der Waals surface area contributed by atoms with E-state index in [4.69, 9.17) is 14.2 Å². The topological polar surface area (TPSA) is 127 Å². The lowest BCUT2D eigenvalue weighted by Gasteiger charge is -2.33. The molecule has 0 unspecified atom stereocenters. The minimum Gasteiger partial charge on any atom is -0.493 e. The highest BCUT2D eigenvalue weighted by Crippen LogP contribution is 2.38. The van der Waals surface area contributed by atoms with Crippen LogP contribution in [0.4, 0.5) is 0 Å². The number of hydrogen-bond donors (Lipinski definition) is 1. The highest BCUT2D eigenvalue weighted by molar-refractivity contribution is 9.10. The van der Waals surface area contributed by atoms with Gasteiger partial charge in [-0.05, 0) is 36.4 Å². The number of piperazine rings is 1. The van der Waals surface area contributed by atoms with Crippen LogP contribution >= 0.6 is 15.9 Å². The molecule has 11 nitrogen and oxygen atoms in total. The average molecular weight is 583 g/mol. The average Bonchev–Trinajstić information content (AvgIpc) is 2.85. The van der Waals surface area contributed by atoms with E-state index in [0.29, 0.717) is 18.7 Å². The Labute approximate surface area is 218 Å². The molecular formula is C23H27BrN4O7S. The summed E-state index contributed by atoms with van der Waals surface area (Å²) in [7, 11) is -0.733. The number of esters is 1. The number of carbonyl (C=O) groups excluding carboxylic acids is 2. The van der Waals surface area contributed by atoms with Gasteiger partial charge in [0, 0.05) is 43.1 Å². The molecular weight excluding hydrogens is 556 g/mol. The zero-order valence-electron chi connectivity index (χ0n) is 20.1. The van der Waals surface area contributed by atoms with Crippen molar-refractivity contribution in [2.75, 3.05) is 46.9 Å². The minimum absolute atomic E-state index is 0.0710. The lowest BCUT2D eigenvalue weighted by molar-refractivity contribution is -0.132. The van der Waals surface area contributed by atoms with Gasteiger partial charge in [0.05, 0.1) is 31.9 Å². The molecule has 0 saturated carbocycles. The molecule has 0 radical (unpaired) electrons. The number of carbonyl (C=O) groups is 2. The van der Waals surface area contributed by atoms with Crippen LogP contribution in [0.2, 0.25) is 0 Å². The lowest BCUT2D eigenvalue weighted by atomic mass is 10.2. The summed E-state index contributed by atoms with van der Waals surface area (Å²) in [5.41, 5.74) is 3.01. The van der Waals surface area contributed by atoms with Crippen LogP contribution in [0.5, 0.6) is 17.2 Å². The molecule has 3 rings (SSSR count). The molecule has 1 N–H and O–H groups in total. The second-order valence-electron chi connectivity index (χ2n) is 7.78. The number of methoxy groups -OCH3 is 2. The number of hydrazone groups is 1. The third-order valence-electron chi connectivity index (χ3n) is 5.28. The third-order valence-corrected chi connectivity index (χ3v) is 7.72. The smallest absolute Gasteiger partial charge is 0.308 e. The molecule has 1 amide bonds.